The highest BCUT2D eigenvalue weighted by Gasteiger charge is 1.94. The summed E-state index contributed by atoms with van der Waals surface area (Å²) in [6, 6.07) is 6.62. The average molecular weight is 207 g/mol. The predicted octanol–water partition coefficient (Wildman–Crippen LogP) is 2.11. The van der Waals surface area contributed by atoms with E-state index in [0.29, 0.717) is 6.61 Å². The first kappa shape index (κ1) is 11.1. The van der Waals surface area contributed by atoms with E-state index in [2.05, 4.69) is 10.1 Å². The number of amides is 1. The molecule has 0 spiro atoms. The third-order valence-electron chi connectivity index (χ3n) is 1.65. The van der Waals surface area contributed by atoms with E-state index in [1.54, 1.807) is 37.3 Å². The second-order valence-electron chi connectivity index (χ2n) is 2.79. The highest BCUT2D eigenvalue weighted by Crippen LogP contribution is 2.10. The molecule has 1 rings (SSSR count). The summed E-state index contributed by atoms with van der Waals surface area (Å²) in [7, 11) is 0. The summed E-state index contributed by atoms with van der Waals surface area (Å²) < 4.78 is 4.66. The third kappa shape index (κ3) is 4.17. The largest absolute Gasteiger partial charge is 0.508 e. The molecule has 15 heavy (non-hydrogen) atoms. The van der Waals surface area contributed by atoms with Gasteiger partial charge >= 0.3 is 6.09 Å². The molecule has 0 saturated heterocycles. The van der Waals surface area contributed by atoms with Crippen molar-refractivity contribution >= 4 is 12.2 Å². The van der Waals surface area contributed by atoms with Crippen LogP contribution in [0.25, 0.3) is 6.08 Å². The first-order valence-corrected chi connectivity index (χ1v) is 4.61. The van der Waals surface area contributed by atoms with E-state index in [9.17, 15) is 4.79 Å². The van der Waals surface area contributed by atoms with Crippen molar-refractivity contribution in [2.45, 2.75) is 6.92 Å². The third-order valence-corrected chi connectivity index (χ3v) is 1.65. The van der Waals surface area contributed by atoms with Crippen molar-refractivity contribution in [2.75, 3.05) is 6.61 Å². The lowest BCUT2D eigenvalue weighted by Crippen LogP contribution is -2.17. The van der Waals surface area contributed by atoms with Crippen LogP contribution in [0.2, 0.25) is 0 Å². The molecule has 0 aromatic heterocycles. The smallest absolute Gasteiger partial charge is 0.411 e. The molecule has 0 atom stereocenters. The molecular formula is C11H13NO3. The van der Waals surface area contributed by atoms with E-state index in [4.69, 9.17) is 5.11 Å². The number of aromatic hydroxyl groups is 1. The SMILES string of the molecule is CCOC(=O)NC=Cc1ccc(O)cc1. The van der Waals surface area contributed by atoms with Crippen molar-refractivity contribution in [3.8, 4) is 5.75 Å². The molecule has 2 N–H and O–H groups in total. The van der Waals surface area contributed by atoms with Crippen LogP contribution in [0, 0.1) is 0 Å². The Labute approximate surface area is 88.2 Å². The van der Waals surface area contributed by atoms with Gasteiger partial charge in [-0.1, -0.05) is 12.1 Å². The number of hydrogen-bond donors (Lipinski definition) is 2. The number of phenolic OH excluding ortho intramolecular Hbond substituents is 1. The van der Waals surface area contributed by atoms with Gasteiger partial charge in [-0.2, -0.15) is 0 Å². The molecule has 80 valence electrons. The molecule has 4 nitrogen and oxygen atoms in total. The zero-order valence-electron chi connectivity index (χ0n) is 8.43. The Morgan fingerprint density at radius 3 is 2.73 bits per heavy atom. The van der Waals surface area contributed by atoms with E-state index in [1.807, 2.05) is 0 Å². The van der Waals surface area contributed by atoms with Gasteiger partial charge in [0.25, 0.3) is 0 Å². The lowest BCUT2D eigenvalue weighted by Gasteiger charge is -1.99. The molecule has 1 amide bonds. The summed E-state index contributed by atoms with van der Waals surface area (Å²) in [6.45, 7) is 2.09. The molecule has 1 aromatic rings. The van der Waals surface area contributed by atoms with Crippen molar-refractivity contribution < 1.29 is 14.6 Å². The van der Waals surface area contributed by atoms with Gasteiger partial charge < -0.3 is 9.84 Å². The molecule has 1 aromatic carbocycles. The van der Waals surface area contributed by atoms with Crippen LogP contribution in [0.15, 0.2) is 30.5 Å². The van der Waals surface area contributed by atoms with Crippen LogP contribution < -0.4 is 5.32 Å². The van der Waals surface area contributed by atoms with Crippen molar-refractivity contribution in [3.05, 3.63) is 36.0 Å². The number of nitrogens with one attached hydrogen (secondary N) is 1. The maximum absolute atomic E-state index is 10.9. The maximum Gasteiger partial charge on any atom is 0.411 e. The average Bonchev–Trinajstić information content (AvgIpc) is 2.21. The molecular weight excluding hydrogens is 194 g/mol. The summed E-state index contributed by atoms with van der Waals surface area (Å²) in [5.74, 6) is 0.213. The number of carbonyl (C=O) groups is 1. The predicted molar refractivity (Wildman–Crippen MR) is 57.3 cm³/mol. The number of benzene rings is 1. The van der Waals surface area contributed by atoms with Crippen molar-refractivity contribution in [1.82, 2.24) is 5.32 Å². The van der Waals surface area contributed by atoms with E-state index < -0.39 is 6.09 Å². The Kier molecular flexibility index (Phi) is 4.22. The first-order chi connectivity index (χ1) is 7.22. The van der Waals surface area contributed by atoms with E-state index in [-0.39, 0.29) is 5.75 Å². The lowest BCUT2D eigenvalue weighted by molar-refractivity contribution is 0.156. The highest BCUT2D eigenvalue weighted by molar-refractivity contribution is 5.69. The van der Waals surface area contributed by atoms with E-state index >= 15 is 0 Å². The van der Waals surface area contributed by atoms with Gasteiger partial charge in [-0.25, -0.2) is 4.79 Å². The van der Waals surface area contributed by atoms with Crippen molar-refractivity contribution in [3.63, 3.8) is 0 Å². The number of phenols is 1. The minimum absolute atomic E-state index is 0.213. The number of ether oxygens (including phenoxy) is 1. The number of alkyl carbamates (subject to hydrolysis) is 1. The maximum atomic E-state index is 10.9. The Hall–Kier alpha value is -1.97. The van der Waals surface area contributed by atoms with Gasteiger partial charge in [-0.05, 0) is 30.7 Å². The van der Waals surface area contributed by atoms with Gasteiger partial charge in [0.05, 0.1) is 6.61 Å². The Morgan fingerprint density at radius 1 is 1.47 bits per heavy atom. The molecule has 0 aliphatic carbocycles. The summed E-state index contributed by atoms with van der Waals surface area (Å²) in [5.41, 5.74) is 0.879. The topological polar surface area (TPSA) is 58.6 Å². The van der Waals surface area contributed by atoms with Crippen molar-refractivity contribution in [1.29, 1.82) is 0 Å². The van der Waals surface area contributed by atoms with Crippen LogP contribution in [0.3, 0.4) is 0 Å². The Bertz CT molecular complexity index is 343. The zero-order chi connectivity index (χ0) is 11.1. The summed E-state index contributed by atoms with van der Waals surface area (Å²) in [5, 5.41) is 11.5. The summed E-state index contributed by atoms with van der Waals surface area (Å²) >= 11 is 0. The fraction of sp³-hybridized carbons (Fsp3) is 0.182. The van der Waals surface area contributed by atoms with Gasteiger partial charge in [-0.15, -0.1) is 0 Å². The second kappa shape index (κ2) is 5.70. The molecule has 0 saturated carbocycles. The Morgan fingerprint density at radius 2 is 2.13 bits per heavy atom. The van der Waals surface area contributed by atoms with Crippen molar-refractivity contribution in [2.24, 2.45) is 0 Å². The number of rotatable bonds is 3. The fourth-order valence-electron chi connectivity index (χ4n) is 0.964. The Balaban J connectivity index is 2.44. The van der Waals surface area contributed by atoms with Crippen LogP contribution in [0.4, 0.5) is 4.79 Å². The molecule has 0 bridgehead atoms. The number of carbonyl (C=O) groups excluding carboxylic acids is 1. The van der Waals surface area contributed by atoms with Gasteiger partial charge in [-0.3, -0.25) is 5.32 Å². The number of hydrogen-bond acceptors (Lipinski definition) is 3. The van der Waals surface area contributed by atoms with E-state index in [1.165, 1.54) is 6.20 Å². The standard InChI is InChI=1S/C11H13NO3/c1-2-15-11(14)12-8-7-9-3-5-10(13)6-4-9/h3-8,13H,2H2,1H3,(H,12,14). The van der Waals surface area contributed by atoms with Gasteiger partial charge in [0.1, 0.15) is 5.75 Å². The van der Waals surface area contributed by atoms with E-state index in [0.717, 1.165) is 5.56 Å². The van der Waals surface area contributed by atoms with Gasteiger partial charge in [0.15, 0.2) is 0 Å². The highest BCUT2D eigenvalue weighted by atomic mass is 16.5. The van der Waals surface area contributed by atoms with Crippen LogP contribution in [-0.2, 0) is 4.74 Å². The molecule has 0 aliphatic rings. The molecule has 0 radical (unpaired) electrons. The molecule has 4 heteroatoms. The fourth-order valence-corrected chi connectivity index (χ4v) is 0.964. The van der Waals surface area contributed by atoms with Crippen LogP contribution in [-0.4, -0.2) is 17.8 Å². The van der Waals surface area contributed by atoms with Crippen LogP contribution in [0.1, 0.15) is 12.5 Å². The minimum atomic E-state index is -0.479. The molecule has 0 heterocycles. The van der Waals surface area contributed by atoms with Crippen LogP contribution >= 0.6 is 0 Å². The molecule has 0 aliphatic heterocycles. The lowest BCUT2D eigenvalue weighted by atomic mass is 10.2. The van der Waals surface area contributed by atoms with Crippen LogP contribution in [0.5, 0.6) is 5.75 Å². The monoisotopic (exact) mass is 207 g/mol. The first-order valence-electron chi connectivity index (χ1n) is 4.61. The van der Waals surface area contributed by atoms with Gasteiger partial charge in [0.2, 0.25) is 0 Å². The van der Waals surface area contributed by atoms with Gasteiger partial charge in [0, 0.05) is 6.20 Å². The summed E-state index contributed by atoms with van der Waals surface area (Å²) in [6.07, 6.45) is 2.72. The summed E-state index contributed by atoms with van der Waals surface area (Å²) in [4.78, 5) is 10.9. The quantitative estimate of drug-likeness (QED) is 0.798. The normalized spacial score (nSPS) is 10.2. The zero-order valence-corrected chi connectivity index (χ0v) is 8.43. The molecule has 0 unspecified atom stereocenters. The second-order valence-corrected chi connectivity index (χ2v) is 2.79. The molecule has 0 fully saturated rings. The minimum Gasteiger partial charge on any atom is -0.508 e.